The summed E-state index contributed by atoms with van der Waals surface area (Å²) in [6.45, 7) is 0.997. The summed E-state index contributed by atoms with van der Waals surface area (Å²) in [5.74, 6) is 3.48. The Bertz CT molecular complexity index is 640. The summed E-state index contributed by atoms with van der Waals surface area (Å²) in [5, 5.41) is 7.32. The first-order valence-corrected chi connectivity index (χ1v) is 7.80. The molecule has 2 fully saturated rings. The van der Waals surface area contributed by atoms with E-state index in [1.807, 2.05) is 18.2 Å². The zero-order valence-electron chi connectivity index (χ0n) is 11.3. The van der Waals surface area contributed by atoms with Gasteiger partial charge in [-0.25, -0.2) is 0 Å². The quantitative estimate of drug-likeness (QED) is 0.856. The molecule has 5 heteroatoms. The van der Waals surface area contributed by atoms with Crippen LogP contribution in [0.4, 0.5) is 0 Å². The second kappa shape index (κ2) is 4.81. The fourth-order valence-corrected chi connectivity index (χ4v) is 3.33. The second-order valence-electron chi connectivity index (χ2n) is 6.02. The lowest BCUT2D eigenvalue weighted by atomic mass is 9.98. The summed E-state index contributed by atoms with van der Waals surface area (Å²) in [5.41, 5.74) is 0.894. The van der Waals surface area contributed by atoms with Gasteiger partial charge in [0.05, 0.1) is 0 Å². The van der Waals surface area contributed by atoms with Crippen LogP contribution in [-0.2, 0) is 6.54 Å². The largest absolute Gasteiger partial charge is 0.299 e. The molecule has 0 aromatic carbocycles. The van der Waals surface area contributed by atoms with Gasteiger partial charge in [0.2, 0.25) is 0 Å². The molecule has 0 atom stereocenters. The van der Waals surface area contributed by atoms with E-state index in [0.29, 0.717) is 0 Å². The minimum atomic E-state index is 0.719. The molecule has 2 aromatic heterocycles. The SMILES string of the molecule is S=c1[nH]nc(-c2ccccn2)n1CC(C1CC1)C1CC1. The third-order valence-electron chi connectivity index (χ3n) is 4.50. The molecule has 2 aliphatic rings. The highest BCUT2D eigenvalue weighted by Gasteiger charge is 2.41. The smallest absolute Gasteiger partial charge is 0.195 e. The molecule has 4 rings (SSSR count). The Morgan fingerprint density at radius 2 is 2.00 bits per heavy atom. The standard InChI is InChI=1S/C15H18N4S/c20-15-18-17-14(13-3-1-2-8-16-13)19(15)9-12(10-4-5-10)11-6-7-11/h1-3,8,10-12H,4-7,9H2,(H,18,20). The molecule has 104 valence electrons. The van der Waals surface area contributed by atoms with Crippen molar-refractivity contribution in [2.24, 2.45) is 17.8 Å². The molecule has 0 saturated heterocycles. The molecule has 20 heavy (non-hydrogen) atoms. The number of pyridine rings is 1. The van der Waals surface area contributed by atoms with Crippen LogP contribution in [-0.4, -0.2) is 19.7 Å². The van der Waals surface area contributed by atoms with E-state index in [1.54, 1.807) is 6.20 Å². The number of H-pyrrole nitrogens is 1. The minimum Gasteiger partial charge on any atom is -0.299 e. The lowest BCUT2D eigenvalue weighted by Crippen LogP contribution is -2.16. The number of hydrogen-bond acceptors (Lipinski definition) is 3. The first-order valence-electron chi connectivity index (χ1n) is 7.39. The van der Waals surface area contributed by atoms with Gasteiger partial charge >= 0.3 is 0 Å². The summed E-state index contributed by atoms with van der Waals surface area (Å²) in [6.07, 6.45) is 7.38. The molecule has 0 amide bonds. The summed E-state index contributed by atoms with van der Waals surface area (Å²) >= 11 is 5.42. The monoisotopic (exact) mass is 286 g/mol. The van der Waals surface area contributed by atoms with Gasteiger partial charge in [-0.05, 0) is 67.8 Å². The highest BCUT2D eigenvalue weighted by molar-refractivity contribution is 7.71. The molecule has 2 saturated carbocycles. The van der Waals surface area contributed by atoms with Crippen LogP contribution in [0.3, 0.4) is 0 Å². The lowest BCUT2D eigenvalue weighted by molar-refractivity contribution is 0.348. The van der Waals surface area contributed by atoms with E-state index in [2.05, 4.69) is 19.7 Å². The van der Waals surface area contributed by atoms with Gasteiger partial charge < -0.3 is 0 Å². The fraction of sp³-hybridized carbons (Fsp3) is 0.533. The molecule has 0 radical (unpaired) electrons. The minimum absolute atomic E-state index is 0.719. The van der Waals surface area contributed by atoms with Crippen molar-refractivity contribution >= 4 is 12.2 Å². The van der Waals surface area contributed by atoms with Gasteiger partial charge in [0.25, 0.3) is 0 Å². The van der Waals surface area contributed by atoms with Gasteiger partial charge in [-0.15, -0.1) is 0 Å². The van der Waals surface area contributed by atoms with Crippen molar-refractivity contribution in [1.82, 2.24) is 19.7 Å². The summed E-state index contributed by atoms with van der Waals surface area (Å²) < 4.78 is 2.87. The number of hydrogen-bond donors (Lipinski definition) is 1. The van der Waals surface area contributed by atoms with Crippen LogP contribution in [0.15, 0.2) is 24.4 Å². The Kier molecular flexibility index (Phi) is 2.95. The Labute approximate surface area is 123 Å². The molecule has 4 nitrogen and oxygen atoms in total. The number of nitrogens with one attached hydrogen (secondary N) is 1. The van der Waals surface area contributed by atoms with E-state index in [-0.39, 0.29) is 0 Å². The molecule has 0 bridgehead atoms. The van der Waals surface area contributed by atoms with E-state index in [1.165, 1.54) is 25.7 Å². The van der Waals surface area contributed by atoms with Crippen molar-refractivity contribution in [3.8, 4) is 11.5 Å². The average Bonchev–Trinajstić information content (AvgIpc) is 3.37. The molecular formula is C15H18N4S. The van der Waals surface area contributed by atoms with Gasteiger partial charge in [0, 0.05) is 12.7 Å². The normalized spacial score (nSPS) is 18.6. The Balaban J connectivity index is 1.67. The maximum atomic E-state index is 5.42. The van der Waals surface area contributed by atoms with Gasteiger partial charge in [-0.3, -0.25) is 14.6 Å². The third-order valence-corrected chi connectivity index (χ3v) is 4.81. The summed E-state index contributed by atoms with van der Waals surface area (Å²) in [6, 6.07) is 5.90. The first kappa shape index (κ1) is 12.3. The van der Waals surface area contributed by atoms with Crippen molar-refractivity contribution in [1.29, 1.82) is 0 Å². The molecule has 2 heterocycles. The predicted molar refractivity (Wildman–Crippen MR) is 79.6 cm³/mol. The van der Waals surface area contributed by atoms with Crippen LogP contribution in [0, 0.1) is 22.5 Å². The number of nitrogens with zero attached hydrogens (tertiary/aromatic N) is 3. The first-order chi connectivity index (χ1) is 9.83. The maximum Gasteiger partial charge on any atom is 0.195 e. The van der Waals surface area contributed by atoms with E-state index >= 15 is 0 Å². The highest BCUT2D eigenvalue weighted by Crippen LogP contribution is 2.50. The van der Waals surface area contributed by atoms with Crippen molar-refractivity contribution < 1.29 is 0 Å². The Hall–Kier alpha value is -1.49. The van der Waals surface area contributed by atoms with E-state index in [0.717, 1.165) is 40.6 Å². The zero-order valence-corrected chi connectivity index (χ0v) is 12.1. The van der Waals surface area contributed by atoms with Gasteiger partial charge in [-0.2, -0.15) is 5.10 Å². The molecule has 0 aliphatic heterocycles. The van der Waals surface area contributed by atoms with Crippen molar-refractivity contribution in [3.05, 3.63) is 29.2 Å². The summed E-state index contributed by atoms with van der Waals surface area (Å²) in [4.78, 5) is 4.40. The van der Waals surface area contributed by atoms with Crippen molar-refractivity contribution in [2.75, 3.05) is 0 Å². The van der Waals surface area contributed by atoms with E-state index in [9.17, 15) is 0 Å². The third kappa shape index (κ3) is 2.30. The Morgan fingerprint density at radius 3 is 2.60 bits per heavy atom. The highest BCUT2D eigenvalue weighted by atomic mass is 32.1. The predicted octanol–water partition coefficient (Wildman–Crippen LogP) is 3.44. The second-order valence-corrected chi connectivity index (χ2v) is 6.40. The topological polar surface area (TPSA) is 46.5 Å². The van der Waals surface area contributed by atoms with Crippen LogP contribution < -0.4 is 0 Å². The van der Waals surface area contributed by atoms with Crippen LogP contribution >= 0.6 is 12.2 Å². The van der Waals surface area contributed by atoms with Crippen LogP contribution in [0.2, 0.25) is 0 Å². The molecule has 0 spiro atoms. The number of aromatic amines is 1. The van der Waals surface area contributed by atoms with E-state index < -0.39 is 0 Å². The van der Waals surface area contributed by atoms with Crippen molar-refractivity contribution in [2.45, 2.75) is 32.2 Å². The number of aromatic nitrogens is 4. The van der Waals surface area contributed by atoms with Crippen LogP contribution in [0.1, 0.15) is 25.7 Å². The van der Waals surface area contributed by atoms with Crippen LogP contribution in [0.5, 0.6) is 0 Å². The van der Waals surface area contributed by atoms with Crippen LogP contribution in [0.25, 0.3) is 11.5 Å². The molecule has 2 aromatic rings. The average molecular weight is 286 g/mol. The van der Waals surface area contributed by atoms with Gasteiger partial charge in [0.15, 0.2) is 10.6 Å². The zero-order chi connectivity index (χ0) is 13.5. The molecular weight excluding hydrogens is 268 g/mol. The summed E-state index contributed by atoms with van der Waals surface area (Å²) in [7, 11) is 0. The number of rotatable bonds is 5. The fourth-order valence-electron chi connectivity index (χ4n) is 3.12. The lowest BCUT2D eigenvalue weighted by Gasteiger charge is -2.17. The van der Waals surface area contributed by atoms with Gasteiger partial charge in [0.1, 0.15) is 5.69 Å². The molecule has 1 N–H and O–H groups in total. The van der Waals surface area contributed by atoms with E-state index in [4.69, 9.17) is 12.2 Å². The molecule has 2 aliphatic carbocycles. The Morgan fingerprint density at radius 1 is 1.25 bits per heavy atom. The molecule has 0 unspecified atom stereocenters. The van der Waals surface area contributed by atoms with Gasteiger partial charge in [-0.1, -0.05) is 6.07 Å². The van der Waals surface area contributed by atoms with Crippen molar-refractivity contribution in [3.63, 3.8) is 0 Å². The maximum absolute atomic E-state index is 5.42.